The lowest BCUT2D eigenvalue weighted by Crippen LogP contribution is -2.33. The molecule has 5 heterocycles. The molecular weight excluding hydrogens is 312 g/mol. The van der Waals surface area contributed by atoms with E-state index in [1.807, 2.05) is 0 Å². The summed E-state index contributed by atoms with van der Waals surface area (Å²) < 4.78 is 0. The Morgan fingerprint density at radius 1 is 0.920 bits per heavy atom. The molecule has 5 rings (SSSR count). The van der Waals surface area contributed by atoms with Crippen molar-refractivity contribution in [1.29, 1.82) is 0 Å². The van der Waals surface area contributed by atoms with E-state index < -0.39 is 0 Å². The molecule has 25 heavy (non-hydrogen) atoms. The standard InChI is InChI=1S/C20H20N4O/c25-11-12-7-18-10-16-4-3-14(22-16)8-13-1-2-15(21-13)9-17-5-6-19(23-17)20(12)24-18/h8-10,19-20,23H,1-7H2. The lowest BCUT2D eigenvalue weighted by Gasteiger charge is -2.16. The van der Waals surface area contributed by atoms with Crippen LogP contribution < -0.4 is 5.32 Å². The molecule has 5 aliphatic heterocycles. The summed E-state index contributed by atoms with van der Waals surface area (Å²) >= 11 is 0. The van der Waals surface area contributed by atoms with Gasteiger partial charge in [-0.2, -0.15) is 0 Å². The van der Waals surface area contributed by atoms with Crippen LogP contribution in [0.4, 0.5) is 0 Å². The second-order valence-corrected chi connectivity index (χ2v) is 7.31. The van der Waals surface area contributed by atoms with Crippen molar-refractivity contribution in [3.05, 3.63) is 40.9 Å². The van der Waals surface area contributed by atoms with Crippen LogP contribution in [0.25, 0.3) is 0 Å². The maximum atomic E-state index is 11.4. The fraction of sp³-hybridized carbons (Fsp3) is 0.450. The number of hydrogen-bond donors (Lipinski definition) is 1. The molecule has 0 spiro atoms. The Morgan fingerprint density at radius 3 is 2.40 bits per heavy atom. The Labute approximate surface area is 146 Å². The highest BCUT2D eigenvalue weighted by atomic mass is 16.1. The summed E-state index contributed by atoms with van der Waals surface area (Å²) in [6.45, 7) is 0. The number of fused-ring (bicyclic) bond motifs is 6. The average Bonchev–Trinajstić information content (AvgIpc) is 3.36. The highest BCUT2D eigenvalue weighted by Crippen LogP contribution is 2.31. The smallest absolute Gasteiger partial charge is 0.126 e. The van der Waals surface area contributed by atoms with Gasteiger partial charge in [-0.05, 0) is 56.8 Å². The largest absolute Gasteiger partial charge is 0.383 e. The van der Waals surface area contributed by atoms with Crippen LogP contribution in [0.1, 0.15) is 44.9 Å². The fourth-order valence-electron chi connectivity index (χ4n) is 4.27. The fourth-order valence-corrected chi connectivity index (χ4v) is 4.27. The maximum Gasteiger partial charge on any atom is 0.126 e. The second kappa shape index (κ2) is 5.78. The summed E-state index contributed by atoms with van der Waals surface area (Å²) in [5.74, 6) is 2.14. The minimum Gasteiger partial charge on any atom is -0.383 e. The number of allylic oxidation sites excluding steroid dienone is 6. The van der Waals surface area contributed by atoms with Gasteiger partial charge in [-0.25, -0.2) is 4.79 Å². The van der Waals surface area contributed by atoms with E-state index in [0.717, 1.165) is 72.6 Å². The van der Waals surface area contributed by atoms with E-state index in [2.05, 4.69) is 29.5 Å². The molecule has 0 aliphatic carbocycles. The van der Waals surface area contributed by atoms with Crippen molar-refractivity contribution >= 4 is 23.1 Å². The number of rotatable bonds is 0. The molecule has 0 saturated carbocycles. The molecule has 0 aromatic heterocycles. The molecule has 1 saturated heterocycles. The van der Waals surface area contributed by atoms with Crippen molar-refractivity contribution in [2.45, 2.75) is 57.0 Å². The van der Waals surface area contributed by atoms with Crippen molar-refractivity contribution in [2.24, 2.45) is 15.0 Å². The minimum atomic E-state index is -0.0931. The lowest BCUT2D eigenvalue weighted by molar-refractivity contribution is 0.536. The third kappa shape index (κ3) is 2.75. The molecule has 5 nitrogen and oxygen atoms in total. The van der Waals surface area contributed by atoms with E-state index in [1.54, 1.807) is 0 Å². The number of nitrogens with zero attached hydrogens (tertiary/aromatic N) is 3. The first-order chi connectivity index (χ1) is 12.3. The first-order valence-electron chi connectivity index (χ1n) is 9.11. The summed E-state index contributed by atoms with van der Waals surface area (Å²) in [4.78, 5) is 25.8. The summed E-state index contributed by atoms with van der Waals surface area (Å²) in [6, 6.07) is 0.0906. The van der Waals surface area contributed by atoms with Gasteiger partial charge in [0.15, 0.2) is 0 Å². The van der Waals surface area contributed by atoms with Crippen LogP contribution in [0, 0.1) is 0 Å². The molecule has 5 aliphatic rings. The minimum absolute atomic E-state index is 0.0931. The number of carbonyl (C=O) groups excluding carboxylic acids is 1. The van der Waals surface area contributed by atoms with E-state index in [-0.39, 0.29) is 12.1 Å². The highest BCUT2D eigenvalue weighted by Gasteiger charge is 2.34. The van der Waals surface area contributed by atoms with Gasteiger partial charge in [-0.15, -0.1) is 0 Å². The van der Waals surface area contributed by atoms with Gasteiger partial charge in [0.1, 0.15) is 12.0 Å². The molecule has 126 valence electrons. The molecule has 2 unspecified atom stereocenters. The molecule has 0 radical (unpaired) electrons. The van der Waals surface area contributed by atoms with Gasteiger partial charge in [0.05, 0.1) is 6.04 Å². The monoisotopic (exact) mass is 332 g/mol. The van der Waals surface area contributed by atoms with E-state index in [1.165, 1.54) is 5.70 Å². The molecule has 8 bridgehead atoms. The number of nitrogens with one attached hydrogen (secondary N) is 1. The third-order valence-corrected chi connectivity index (χ3v) is 5.50. The lowest BCUT2D eigenvalue weighted by atomic mass is 9.99. The van der Waals surface area contributed by atoms with E-state index in [0.29, 0.717) is 6.42 Å². The summed E-state index contributed by atoms with van der Waals surface area (Å²) in [7, 11) is 0. The van der Waals surface area contributed by atoms with Crippen LogP contribution in [-0.2, 0) is 4.79 Å². The zero-order valence-electron chi connectivity index (χ0n) is 14.1. The van der Waals surface area contributed by atoms with E-state index in [9.17, 15) is 4.79 Å². The van der Waals surface area contributed by atoms with Crippen LogP contribution in [0.5, 0.6) is 0 Å². The Morgan fingerprint density at radius 2 is 1.64 bits per heavy atom. The van der Waals surface area contributed by atoms with E-state index in [4.69, 9.17) is 15.0 Å². The Kier molecular flexibility index (Phi) is 3.42. The number of hydrogen-bond acceptors (Lipinski definition) is 5. The number of aliphatic imine (C=N–C) groups is 3. The SMILES string of the molecule is O=C=C1CC2=NC1C1CCC(=CC3=NC(=CC4=NC(=C2)CC4)CC3)N1. The topological polar surface area (TPSA) is 66.2 Å². The summed E-state index contributed by atoms with van der Waals surface area (Å²) in [5, 5.41) is 3.57. The van der Waals surface area contributed by atoms with Gasteiger partial charge in [0.25, 0.3) is 0 Å². The molecule has 0 aromatic carbocycles. The quantitative estimate of drug-likeness (QED) is 0.693. The van der Waals surface area contributed by atoms with Gasteiger partial charge < -0.3 is 5.32 Å². The summed E-state index contributed by atoms with van der Waals surface area (Å²) in [5.41, 5.74) is 7.39. The first kappa shape index (κ1) is 14.8. The first-order valence-corrected chi connectivity index (χ1v) is 9.11. The normalized spacial score (nSPS) is 30.2. The maximum absolute atomic E-state index is 11.4. The predicted octanol–water partition coefficient (Wildman–Crippen LogP) is 2.84. The molecule has 1 fully saturated rings. The molecule has 0 amide bonds. The van der Waals surface area contributed by atoms with E-state index >= 15 is 0 Å². The van der Waals surface area contributed by atoms with Crippen molar-refractivity contribution in [3.8, 4) is 0 Å². The third-order valence-electron chi connectivity index (χ3n) is 5.50. The second-order valence-electron chi connectivity index (χ2n) is 7.31. The van der Waals surface area contributed by atoms with Crippen molar-refractivity contribution in [1.82, 2.24) is 5.32 Å². The molecule has 5 heteroatoms. The van der Waals surface area contributed by atoms with Gasteiger partial charge >= 0.3 is 0 Å². The van der Waals surface area contributed by atoms with Crippen LogP contribution in [0.3, 0.4) is 0 Å². The Bertz CT molecular complexity index is 877. The molecule has 0 aromatic rings. The Hall–Kier alpha value is -2.52. The van der Waals surface area contributed by atoms with Crippen molar-refractivity contribution < 1.29 is 4.79 Å². The summed E-state index contributed by atoms with van der Waals surface area (Å²) in [6.07, 6.45) is 12.9. The van der Waals surface area contributed by atoms with Crippen molar-refractivity contribution in [2.75, 3.05) is 0 Å². The predicted molar refractivity (Wildman–Crippen MR) is 98.8 cm³/mol. The zero-order valence-corrected chi connectivity index (χ0v) is 14.1. The van der Waals surface area contributed by atoms with Gasteiger partial charge in [-0.1, -0.05) is 0 Å². The van der Waals surface area contributed by atoms with Gasteiger partial charge in [-0.3, -0.25) is 15.0 Å². The highest BCUT2D eigenvalue weighted by molar-refractivity contribution is 6.04. The molecular formula is C20H20N4O. The molecule has 2 atom stereocenters. The van der Waals surface area contributed by atoms with Crippen LogP contribution >= 0.6 is 0 Å². The van der Waals surface area contributed by atoms with Crippen LogP contribution in [-0.4, -0.2) is 35.2 Å². The molecule has 1 N–H and O–H groups in total. The average molecular weight is 332 g/mol. The zero-order chi connectivity index (χ0) is 16.8. The Balaban J connectivity index is 1.59. The van der Waals surface area contributed by atoms with Gasteiger partial charge in [0.2, 0.25) is 0 Å². The van der Waals surface area contributed by atoms with Crippen molar-refractivity contribution in [3.63, 3.8) is 0 Å². The van der Waals surface area contributed by atoms with Crippen LogP contribution in [0.2, 0.25) is 0 Å². The van der Waals surface area contributed by atoms with Gasteiger partial charge in [0, 0.05) is 46.2 Å². The van der Waals surface area contributed by atoms with Crippen LogP contribution in [0.15, 0.2) is 55.9 Å².